The molecule has 1 aromatic heterocycles. The average molecular weight is 197 g/mol. The monoisotopic (exact) mass is 197 g/mol. The van der Waals surface area contributed by atoms with Gasteiger partial charge in [0.25, 0.3) is 0 Å². The molecule has 1 aromatic rings. The van der Waals surface area contributed by atoms with E-state index in [2.05, 4.69) is 22.2 Å². The summed E-state index contributed by atoms with van der Waals surface area (Å²) < 4.78 is 1.71. The molecule has 14 heavy (non-hydrogen) atoms. The summed E-state index contributed by atoms with van der Waals surface area (Å²) in [6.07, 6.45) is 1.79. The van der Waals surface area contributed by atoms with Crippen LogP contribution in [-0.4, -0.2) is 41.4 Å². The summed E-state index contributed by atoms with van der Waals surface area (Å²) in [7, 11) is 5.96. The van der Waals surface area contributed by atoms with E-state index in [0.29, 0.717) is 11.7 Å². The fourth-order valence-corrected chi connectivity index (χ4v) is 1.07. The third-order valence-corrected chi connectivity index (χ3v) is 2.30. The maximum Gasteiger partial charge on any atom is 0.171 e. The molecule has 80 valence electrons. The van der Waals surface area contributed by atoms with Crippen LogP contribution >= 0.6 is 0 Å². The van der Waals surface area contributed by atoms with Crippen molar-refractivity contribution in [3.63, 3.8) is 0 Å². The molecule has 0 saturated heterocycles. The Hall–Kier alpha value is -1.23. The van der Waals surface area contributed by atoms with Gasteiger partial charge in [0, 0.05) is 25.8 Å². The first-order chi connectivity index (χ1) is 6.50. The topological polar surface area (TPSA) is 59.1 Å². The molecule has 1 heterocycles. The normalized spacial score (nSPS) is 13.2. The SMILES string of the molecule is CC(CNc1nn(C)cc1N)N(C)C. The number of nitrogens with one attached hydrogen (secondary N) is 1. The Labute approximate surface area is 84.9 Å². The molecule has 5 heteroatoms. The minimum atomic E-state index is 0.455. The fourth-order valence-electron chi connectivity index (χ4n) is 1.07. The van der Waals surface area contributed by atoms with Gasteiger partial charge >= 0.3 is 0 Å². The Morgan fingerprint density at radius 3 is 2.71 bits per heavy atom. The van der Waals surface area contributed by atoms with Crippen molar-refractivity contribution >= 4 is 11.5 Å². The molecule has 0 aliphatic rings. The second-order valence-corrected chi connectivity index (χ2v) is 3.80. The van der Waals surface area contributed by atoms with Crippen LogP contribution < -0.4 is 11.1 Å². The lowest BCUT2D eigenvalue weighted by molar-refractivity contribution is 0.326. The van der Waals surface area contributed by atoms with Crippen LogP contribution in [0.15, 0.2) is 6.20 Å². The van der Waals surface area contributed by atoms with E-state index in [-0.39, 0.29) is 0 Å². The highest BCUT2D eigenvalue weighted by atomic mass is 15.3. The largest absolute Gasteiger partial charge is 0.394 e. The van der Waals surface area contributed by atoms with Crippen molar-refractivity contribution < 1.29 is 0 Å². The third-order valence-electron chi connectivity index (χ3n) is 2.30. The van der Waals surface area contributed by atoms with E-state index < -0.39 is 0 Å². The zero-order valence-electron chi connectivity index (χ0n) is 9.28. The Bertz CT molecular complexity index is 291. The van der Waals surface area contributed by atoms with Crippen LogP contribution in [-0.2, 0) is 7.05 Å². The first kappa shape index (κ1) is 10.8. The number of aromatic nitrogens is 2. The first-order valence-corrected chi connectivity index (χ1v) is 4.70. The average Bonchev–Trinajstić information content (AvgIpc) is 2.40. The van der Waals surface area contributed by atoms with Gasteiger partial charge in [0.15, 0.2) is 5.82 Å². The number of nitrogen functional groups attached to an aromatic ring is 1. The first-order valence-electron chi connectivity index (χ1n) is 4.70. The van der Waals surface area contributed by atoms with Crippen LogP contribution in [0.3, 0.4) is 0 Å². The van der Waals surface area contributed by atoms with Crippen LogP contribution in [0.4, 0.5) is 11.5 Å². The standard InChI is InChI=1S/C9H19N5/c1-7(13(2)3)5-11-9-8(10)6-14(4)12-9/h6-7H,5,10H2,1-4H3,(H,11,12). The zero-order chi connectivity index (χ0) is 10.7. The van der Waals surface area contributed by atoms with Gasteiger partial charge < -0.3 is 16.0 Å². The van der Waals surface area contributed by atoms with E-state index >= 15 is 0 Å². The highest BCUT2D eigenvalue weighted by molar-refractivity contribution is 5.59. The number of likely N-dealkylation sites (N-methyl/N-ethyl adjacent to an activating group) is 1. The van der Waals surface area contributed by atoms with Crippen molar-refractivity contribution in [3.8, 4) is 0 Å². The molecule has 1 atom stereocenters. The van der Waals surface area contributed by atoms with E-state index in [0.717, 1.165) is 12.4 Å². The highest BCUT2D eigenvalue weighted by Crippen LogP contribution is 2.13. The van der Waals surface area contributed by atoms with Gasteiger partial charge in [-0.15, -0.1) is 0 Å². The Morgan fingerprint density at radius 2 is 2.29 bits per heavy atom. The van der Waals surface area contributed by atoms with Crippen LogP contribution in [0, 0.1) is 0 Å². The predicted octanol–water partition coefficient (Wildman–Crippen LogP) is 0.364. The fraction of sp³-hybridized carbons (Fsp3) is 0.667. The molecule has 0 amide bonds. The molecule has 0 fully saturated rings. The van der Waals surface area contributed by atoms with Gasteiger partial charge in [-0.05, 0) is 21.0 Å². The van der Waals surface area contributed by atoms with Gasteiger partial charge in [-0.3, -0.25) is 4.68 Å². The van der Waals surface area contributed by atoms with E-state index in [1.54, 1.807) is 10.9 Å². The predicted molar refractivity (Wildman–Crippen MR) is 59.3 cm³/mol. The quantitative estimate of drug-likeness (QED) is 0.732. The number of nitrogens with zero attached hydrogens (tertiary/aromatic N) is 3. The van der Waals surface area contributed by atoms with Crippen molar-refractivity contribution in [3.05, 3.63) is 6.20 Å². The van der Waals surface area contributed by atoms with Crippen molar-refractivity contribution in [1.82, 2.24) is 14.7 Å². The summed E-state index contributed by atoms with van der Waals surface area (Å²) in [6.45, 7) is 2.99. The summed E-state index contributed by atoms with van der Waals surface area (Å²) in [4.78, 5) is 2.14. The number of nitrogens with two attached hydrogens (primary N) is 1. The van der Waals surface area contributed by atoms with Crippen LogP contribution in [0.1, 0.15) is 6.92 Å². The van der Waals surface area contributed by atoms with E-state index in [1.807, 2.05) is 21.1 Å². The summed E-state index contributed by atoms with van der Waals surface area (Å²) >= 11 is 0. The number of rotatable bonds is 4. The molecule has 3 N–H and O–H groups in total. The lowest BCUT2D eigenvalue weighted by Gasteiger charge is -2.19. The molecule has 0 aromatic carbocycles. The van der Waals surface area contributed by atoms with Gasteiger partial charge in [-0.2, -0.15) is 5.10 Å². The minimum absolute atomic E-state index is 0.455. The molecule has 0 saturated carbocycles. The molecular weight excluding hydrogens is 178 g/mol. The van der Waals surface area contributed by atoms with E-state index in [1.165, 1.54) is 0 Å². The van der Waals surface area contributed by atoms with Gasteiger partial charge in [-0.25, -0.2) is 0 Å². The molecule has 0 aliphatic heterocycles. The summed E-state index contributed by atoms with van der Waals surface area (Å²) in [6, 6.07) is 0.455. The second-order valence-electron chi connectivity index (χ2n) is 3.80. The summed E-state index contributed by atoms with van der Waals surface area (Å²) in [5, 5.41) is 7.42. The molecule has 0 aliphatic carbocycles. The van der Waals surface area contributed by atoms with Crippen molar-refractivity contribution in [1.29, 1.82) is 0 Å². The van der Waals surface area contributed by atoms with Crippen LogP contribution in [0.25, 0.3) is 0 Å². The number of hydrogen-bond donors (Lipinski definition) is 2. The number of hydrogen-bond acceptors (Lipinski definition) is 4. The zero-order valence-corrected chi connectivity index (χ0v) is 9.28. The maximum atomic E-state index is 5.74. The Balaban J connectivity index is 2.49. The molecule has 1 rings (SSSR count). The molecule has 5 nitrogen and oxygen atoms in total. The summed E-state index contributed by atoms with van der Waals surface area (Å²) in [5.74, 6) is 0.765. The summed E-state index contributed by atoms with van der Waals surface area (Å²) in [5.41, 5.74) is 6.44. The van der Waals surface area contributed by atoms with Gasteiger partial charge in [0.05, 0.1) is 5.69 Å². The minimum Gasteiger partial charge on any atom is -0.394 e. The highest BCUT2D eigenvalue weighted by Gasteiger charge is 2.07. The van der Waals surface area contributed by atoms with Crippen molar-refractivity contribution in [2.45, 2.75) is 13.0 Å². The maximum absolute atomic E-state index is 5.74. The molecule has 1 unspecified atom stereocenters. The second kappa shape index (κ2) is 4.32. The van der Waals surface area contributed by atoms with Crippen LogP contribution in [0.5, 0.6) is 0 Å². The van der Waals surface area contributed by atoms with Gasteiger partial charge in [0.1, 0.15) is 0 Å². The number of aryl methyl sites for hydroxylation is 1. The lowest BCUT2D eigenvalue weighted by Crippen LogP contribution is -2.31. The van der Waals surface area contributed by atoms with Gasteiger partial charge in [0.2, 0.25) is 0 Å². The Kier molecular flexibility index (Phi) is 3.35. The van der Waals surface area contributed by atoms with Gasteiger partial charge in [-0.1, -0.05) is 0 Å². The van der Waals surface area contributed by atoms with Crippen molar-refractivity contribution in [2.24, 2.45) is 7.05 Å². The van der Waals surface area contributed by atoms with E-state index in [9.17, 15) is 0 Å². The molecule has 0 radical (unpaired) electrons. The van der Waals surface area contributed by atoms with Crippen molar-refractivity contribution in [2.75, 3.05) is 31.7 Å². The third kappa shape index (κ3) is 2.63. The smallest absolute Gasteiger partial charge is 0.171 e. The molecular formula is C9H19N5. The Morgan fingerprint density at radius 1 is 1.64 bits per heavy atom. The molecule has 0 spiro atoms. The van der Waals surface area contributed by atoms with E-state index in [4.69, 9.17) is 5.73 Å². The van der Waals surface area contributed by atoms with Crippen LogP contribution in [0.2, 0.25) is 0 Å². The lowest BCUT2D eigenvalue weighted by atomic mass is 10.3. The molecule has 0 bridgehead atoms. The number of anilines is 2.